The van der Waals surface area contributed by atoms with Crippen molar-refractivity contribution in [2.45, 2.75) is 20.0 Å². The smallest absolute Gasteiger partial charge is 0.194 e. The molecule has 0 aliphatic carbocycles. The van der Waals surface area contributed by atoms with Gasteiger partial charge < -0.3 is 14.6 Å². The van der Waals surface area contributed by atoms with Crippen molar-refractivity contribution in [2.24, 2.45) is 4.99 Å². The Kier molecular flexibility index (Phi) is 5.01. The Morgan fingerprint density at radius 1 is 1.33 bits per heavy atom. The second-order valence-corrected chi connectivity index (χ2v) is 6.96. The number of imidazole rings is 1. The number of fused-ring (bicyclic) bond motifs is 1. The van der Waals surface area contributed by atoms with Crippen LogP contribution in [0.3, 0.4) is 0 Å². The van der Waals surface area contributed by atoms with Crippen molar-refractivity contribution >= 4 is 34.5 Å². The molecule has 0 bridgehead atoms. The Labute approximate surface area is 149 Å². The highest BCUT2D eigenvalue weighted by atomic mass is 35.5. The number of pyridine rings is 1. The Morgan fingerprint density at radius 2 is 2.17 bits per heavy atom. The summed E-state index contributed by atoms with van der Waals surface area (Å²) in [5.41, 5.74) is 2.85. The number of hydrogen-bond donors (Lipinski definition) is 1. The third-order valence-electron chi connectivity index (χ3n) is 3.53. The average molecular weight is 363 g/mol. The van der Waals surface area contributed by atoms with Crippen molar-refractivity contribution in [3.05, 3.63) is 51.3 Å². The standard InChI is InChI=1S/C16H19ClN6S/c1-11-20-14(10-24-11)8-22(3)16(18-2)19-6-13-9-23-7-12(17)4-5-15(23)21-13/h4-5,7,9-10H,6,8H2,1-3H3,(H,18,19). The first-order valence-electron chi connectivity index (χ1n) is 7.51. The van der Waals surface area contributed by atoms with Crippen LogP contribution in [0.5, 0.6) is 0 Å². The summed E-state index contributed by atoms with van der Waals surface area (Å²) in [6.07, 6.45) is 3.81. The van der Waals surface area contributed by atoms with Crippen LogP contribution in [0.1, 0.15) is 16.4 Å². The quantitative estimate of drug-likeness (QED) is 0.572. The highest BCUT2D eigenvalue weighted by Gasteiger charge is 2.10. The zero-order valence-corrected chi connectivity index (χ0v) is 15.4. The lowest BCUT2D eigenvalue weighted by Gasteiger charge is -2.20. The van der Waals surface area contributed by atoms with Gasteiger partial charge in [0.2, 0.25) is 0 Å². The molecule has 3 aromatic heterocycles. The lowest BCUT2D eigenvalue weighted by Crippen LogP contribution is -2.38. The molecule has 0 unspecified atom stereocenters. The summed E-state index contributed by atoms with van der Waals surface area (Å²) >= 11 is 7.66. The molecule has 0 atom stereocenters. The molecule has 0 aliphatic rings. The Bertz CT molecular complexity index is 868. The number of nitrogens with zero attached hydrogens (tertiary/aromatic N) is 5. The molecule has 0 aliphatic heterocycles. The maximum atomic E-state index is 6.00. The minimum absolute atomic E-state index is 0.590. The maximum absolute atomic E-state index is 6.00. The highest BCUT2D eigenvalue weighted by Crippen LogP contribution is 2.12. The number of aliphatic imine (C=N–C) groups is 1. The van der Waals surface area contributed by atoms with Crippen LogP contribution in [0.2, 0.25) is 5.02 Å². The molecule has 6 nitrogen and oxygen atoms in total. The highest BCUT2D eigenvalue weighted by molar-refractivity contribution is 7.09. The van der Waals surface area contributed by atoms with Gasteiger partial charge in [-0.3, -0.25) is 4.99 Å². The van der Waals surface area contributed by atoms with E-state index in [1.54, 1.807) is 18.4 Å². The number of hydrogen-bond acceptors (Lipinski definition) is 4. The fourth-order valence-corrected chi connectivity index (χ4v) is 3.23. The summed E-state index contributed by atoms with van der Waals surface area (Å²) in [7, 11) is 3.77. The number of nitrogens with one attached hydrogen (secondary N) is 1. The molecule has 0 saturated carbocycles. The van der Waals surface area contributed by atoms with Crippen LogP contribution in [0.15, 0.2) is 34.9 Å². The largest absolute Gasteiger partial charge is 0.351 e. The van der Waals surface area contributed by atoms with E-state index in [9.17, 15) is 0 Å². The van der Waals surface area contributed by atoms with E-state index in [0.29, 0.717) is 18.1 Å². The molecule has 0 aromatic carbocycles. The van der Waals surface area contributed by atoms with Gasteiger partial charge in [-0.25, -0.2) is 9.97 Å². The van der Waals surface area contributed by atoms with Crippen molar-refractivity contribution in [3.8, 4) is 0 Å². The van der Waals surface area contributed by atoms with E-state index in [-0.39, 0.29) is 0 Å². The van der Waals surface area contributed by atoms with Crippen molar-refractivity contribution < 1.29 is 0 Å². The van der Waals surface area contributed by atoms with Crippen LogP contribution in [0, 0.1) is 6.92 Å². The minimum atomic E-state index is 0.590. The van der Waals surface area contributed by atoms with Gasteiger partial charge >= 0.3 is 0 Å². The van der Waals surface area contributed by atoms with Crippen molar-refractivity contribution in [1.29, 1.82) is 0 Å². The lowest BCUT2D eigenvalue weighted by atomic mass is 10.4. The van der Waals surface area contributed by atoms with Gasteiger partial charge in [-0.15, -0.1) is 11.3 Å². The second kappa shape index (κ2) is 7.19. The Balaban J connectivity index is 1.64. The van der Waals surface area contributed by atoms with Crippen LogP contribution >= 0.6 is 22.9 Å². The number of aryl methyl sites for hydroxylation is 1. The Morgan fingerprint density at radius 3 is 2.88 bits per heavy atom. The molecule has 3 heterocycles. The van der Waals surface area contributed by atoms with Crippen molar-refractivity contribution in [1.82, 2.24) is 24.6 Å². The normalized spacial score (nSPS) is 11.9. The summed E-state index contributed by atoms with van der Waals surface area (Å²) in [4.78, 5) is 15.4. The van der Waals surface area contributed by atoms with Gasteiger partial charge in [-0.1, -0.05) is 11.6 Å². The molecule has 3 rings (SSSR count). The topological polar surface area (TPSA) is 57.8 Å². The molecule has 3 aromatic rings. The molecule has 0 amide bonds. The van der Waals surface area contributed by atoms with Crippen LogP contribution in [-0.4, -0.2) is 39.3 Å². The van der Waals surface area contributed by atoms with Gasteiger partial charge in [-0.2, -0.15) is 0 Å². The van der Waals surface area contributed by atoms with E-state index in [1.165, 1.54) is 0 Å². The number of halogens is 1. The molecule has 126 valence electrons. The number of guanidine groups is 1. The van der Waals surface area contributed by atoms with Gasteiger partial charge in [0.25, 0.3) is 0 Å². The number of aromatic nitrogens is 3. The first-order valence-corrected chi connectivity index (χ1v) is 8.77. The van der Waals surface area contributed by atoms with E-state index in [0.717, 1.165) is 28.0 Å². The SMILES string of the molecule is CN=C(NCc1cn2cc(Cl)ccc2n1)N(C)Cc1csc(C)n1. The molecule has 0 saturated heterocycles. The molecule has 0 spiro atoms. The summed E-state index contributed by atoms with van der Waals surface area (Å²) in [5, 5.41) is 7.17. The fraction of sp³-hybridized carbons (Fsp3) is 0.312. The van der Waals surface area contributed by atoms with E-state index >= 15 is 0 Å². The third-order valence-corrected chi connectivity index (χ3v) is 4.58. The van der Waals surface area contributed by atoms with Gasteiger partial charge in [0.1, 0.15) is 5.65 Å². The van der Waals surface area contributed by atoms with Crippen LogP contribution < -0.4 is 5.32 Å². The van der Waals surface area contributed by atoms with E-state index in [2.05, 4.69) is 25.7 Å². The predicted molar refractivity (Wildman–Crippen MR) is 98.7 cm³/mol. The van der Waals surface area contributed by atoms with Crippen LogP contribution in [0.4, 0.5) is 0 Å². The Hall–Kier alpha value is -2.12. The summed E-state index contributed by atoms with van der Waals surface area (Å²) < 4.78 is 1.92. The number of rotatable bonds is 4. The van der Waals surface area contributed by atoms with Gasteiger partial charge in [0.05, 0.1) is 34.5 Å². The van der Waals surface area contributed by atoms with Crippen molar-refractivity contribution in [3.63, 3.8) is 0 Å². The summed E-state index contributed by atoms with van der Waals surface area (Å²) in [6, 6.07) is 3.74. The van der Waals surface area contributed by atoms with E-state index in [1.807, 2.05) is 47.8 Å². The lowest BCUT2D eigenvalue weighted by molar-refractivity contribution is 0.470. The minimum Gasteiger partial charge on any atom is -0.351 e. The zero-order chi connectivity index (χ0) is 17.1. The molecule has 1 N–H and O–H groups in total. The fourth-order valence-electron chi connectivity index (χ4n) is 2.46. The monoisotopic (exact) mass is 362 g/mol. The zero-order valence-electron chi connectivity index (χ0n) is 13.8. The third kappa shape index (κ3) is 3.85. The van der Waals surface area contributed by atoms with Gasteiger partial charge in [-0.05, 0) is 19.1 Å². The second-order valence-electron chi connectivity index (χ2n) is 5.46. The first-order chi connectivity index (χ1) is 11.5. The molecule has 8 heteroatoms. The molecule has 0 fully saturated rings. The van der Waals surface area contributed by atoms with Gasteiger partial charge in [0, 0.05) is 31.9 Å². The molecule has 0 radical (unpaired) electrons. The summed E-state index contributed by atoms with van der Waals surface area (Å²) in [5.74, 6) is 0.802. The maximum Gasteiger partial charge on any atom is 0.194 e. The van der Waals surface area contributed by atoms with E-state index < -0.39 is 0 Å². The first kappa shape index (κ1) is 16.7. The van der Waals surface area contributed by atoms with Crippen LogP contribution in [0.25, 0.3) is 5.65 Å². The van der Waals surface area contributed by atoms with E-state index in [4.69, 9.17) is 11.6 Å². The summed E-state index contributed by atoms with van der Waals surface area (Å²) in [6.45, 7) is 3.31. The van der Waals surface area contributed by atoms with Crippen LogP contribution in [-0.2, 0) is 13.1 Å². The predicted octanol–water partition coefficient (Wildman–Crippen LogP) is 2.96. The molecular weight excluding hydrogens is 344 g/mol. The van der Waals surface area contributed by atoms with Gasteiger partial charge in [0.15, 0.2) is 5.96 Å². The number of thiazole rings is 1. The molecular formula is C16H19ClN6S. The average Bonchev–Trinajstić information content (AvgIpc) is 3.13. The van der Waals surface area contributed by atoms with Crippen molar-refractivity contribution in [2.75, 3.05) is 14.1 Å². The molecule has 24 heavy (non-hydrogen) atoms.